The van der Waals surface area contributed by atoms with Crippen LogP contribution in [0.4, 0.5) is 25.1 Å². The molecule has 16 nitrogen and oxygen atoms in total. The number of nitriles is 1. The Morgan fingerprint density at radius 2 is 1.73 bits per heavy atom. The normalized spacial score (nSPS) is 21.8. The maximum atomic E-state index is 15.8. The van der Waals surface area contributed by atoms with Crippen LogP contribution in [0.25, 0.3) is 21.8 Å². The first-order valence-corrected chi connectivity index (χ1v) is 23.3. The second-order valence-electron chi connectivity index (χ2n) is 17.7. The van der Waals surface area contributed by atoms with Gasteiger partial charge in [0.1, 0.15) is 23.2 Å². The van der Waals surface area contributed by atoms with E-state index in [1.807, 2.05) is 12.1 Å². The number of likely N-dealkylation sites (tertiary alicyclic amines) is 1. The molecular weight excluding hydrogens is 847 g/mol. The van der Waals surface area contributed by atoms with Gasteiger partial charge in [-0.05, 0) is 130 Å². The van der Waals surface area contributed by atoms with E-state index in [4.69, 9.17) is 4.74 Å². The Labute approximate surface area is 368 Å². The number of hydrogen-bond acceptors (Lipinski definition) is 10. The predicted octanol–water partition coefficient (Wildman–Crippen LogP) is 6.81. The minimum Gasteiger partial charge on any atom is -0.453 e. The topological polar surface area (TPSA) is 188 Å². The fraction of sp³-hybridized carbons (Fsp3) is 0.467. The van der Waals surface area contributed by atoms with E-state index in [1.165, 1.54) is 30.1 Å². The summed E-state index contributed by atoms with van der Waals surface area (Å²) in [5.41, 5.74) is 1.22. The van der Waals surface area contributed by atoms with Gasteiger partial charge in [0.25, 0.3) is 5.56 Å². The lowest BCUT2D eigenvalue weighted by Crippen LogP contribution is -2.49. The fourth-order valence-electron chi connectivity index (χ4n) is 10.3. The molecule has 64 heavy (non-hydrogen) atoms. The molecule has 2 aliphatic carbocycles. The first-order chi connectivity index (χ1) is 30.7. The zero-order valence-corrected chi connectivity index (χ0v) is 36.8. The van der Waals surface area contributed by atoms with E-state index in [-0.39, 0.29) is 76.6 Å². The van der Waals surface area contributed by atoms with E-state index in [0.717, 1.165) is 92.8 Å². The molecule has 0 bridgehead atoms. The quantitative estimate of drug-likeness (QED) is 0.151. The zero-order chi connectivity index (χ0) is 45.1. The van der Waals surface area contributed by atoms with Crippen molar-refractivity contribution in [2.75, 3.05) is 42.8 Å². The number of amides is 3. The number of imide groups is 1. The second-order valence-corrected chi connectivity index (χ2v) is 19.5. The van der Waals surface area contributed by atoms with E-state index < -0.39 is 27.8 Å². The summed E-state index contributed by atoms with van der Waals surface area (Å²) >= 11 is 0. The van der Waals surface area contributed by atoms with Crippen molar-refractivity contribution in [2.24, 2.45) is 12.5 Å². The zero-order valence-electron chi connectivity index (χ0n) is 35.9. The number of aromatic nitrogens is 4. The van der Waals surface area contributed by atoms with Crippen LogP contribution in [0.2, 0.25) is 0 Å². The molecule has 5 aromatic rings. The third-order valence-corrected chi connectivity index (χ3v) is 15.7. The molecule has 2 saturated carbocycles. The molecule has 19 heteroatoms. The molecule has 4 aliphatic rings. The van der Waals surface area contributed by atoms with Crippen LogP contribution in [0.5, 0.6) is 11.5 Å². The Balaban J connectivity index is 0.834. The maximum Gasteiger partial charge on any atom is 0.329 e. The number of aryl methyl sites for hydroxylation is 1. The van der Waals surface area contributed by atoms with E-state index in [9.17, 15) is 28.1 Å². The fourth-order valence-corrected chi connectivity index (χ4v) is 11.3. The first-order valence-electron chi connectivity index (χ1n) is 21.8. The first kappa shape index (κ1) is 43.3. The largest absolute Gasteiger partial charge is 0.453 e. The van der Waals surface area contributed by atoms with Crippen LogP contribution in [0.1, 0.15) is 94.2 Å². The summed E-state index contributed by atoms with van der Waals surface area (Å²) in [5, 5.41) is 17.6. The number of piperidine rings is 1. The molecule has 2 saturated heterocycles. The molecule has 1 atom stereocenters. The minimum atomic E-state index is -4.01. The minimum absolute atomic E-state index is 0.0477. The van der Waals surface area contributed by atoms with Crippen molar-refractivity contribution in [3.63, 3.8) is 0 Å². The molecule has 4 heterocycles. The molecule has 1 spiro atoms. The van der Waals surface area contributed by atoms with Crippen molar-refractivity contribution in [1.82, 2.24) is 33.9 Å². The Morgan fingerprint density at radius 3 is 2.45 bits per heavy atom. The van der Waals surface area contributed by atoms with Crippen LogP contribution in [-0.2, 0) is 22.1 Å². The summed E-state index contributed by atoms with van der Waals surface area (Å²) in [5.74, 6) is -1.49. The summed E-state index contributed by atoms with van der Waals surface area (Å²) in [6, 6.07) is 11.8. The summed E-state index contributed by atoms with van der Waals surface area (Å²) in [6.45, 7) is 3.93. The Morgan fingerprint density at radius 1 is 0.969 bits per heavy atom. The van der Waals surface area contributed by atoms with Gasteiger partial charge in [0, 0.05) is 51.1 Å². The lowest BCUT2D eigenvalue weighted by Gasteiger charge is -2.45. The molecule has 2 aliphatic heterocycles. The molecule has 0 radical (unpaired) electrons. The van der Waals surface area contributed by atoms with E-state index in [0.29, 0.717) is 28.3 Å². The molecule has 3 amide bonds. The highest BCUT2D eigenvalue weighted by molar-refractivity contribution is 7.90. The number of halogens is 2. The number of nitrogens with zero attached hydrogens (tertiary/aromatic N) is 8. The standard InChI is InChI=1S/C45H50F2N10O6S/c1-4-53(2)64(61,62)52-38-12-10-35(46)41(34(38)25-48)63-30-9-11-37-32(21-30)43(59)57(26-49-37)29-13-15-45(24-29)16-19-55(20-17-45)28-7-5-27(6-8-28)31-23-39-33(22-36(31)47)42(51-54(39)3)56-18-14-40(58)50-44(56)60/h9-12,21-23,26-29,52H,4-8,13-20,24H2,1-3H3,(H,50,58,60)/t27?,28?,29-/m1/s1. The van der Waals surface area contributed by atoms with Gasteiger partial charge in [-0.3, -0.25) is 33.8 Å². The SMILES string of the molecule is CCN(C)S(=O)(=O)Nc1ccc(F)c(Oc2ccc3ncn([C@@H]4CCC5(CCN(C6CCC(c7cc8c(cc7F)c(N7CCC(=O)NC7=O)nn8C)CC6)CC5)C4)c(=O)c3c2)c1C#N. The van der Waals surface area contributed by atoms with Gasteiger partial charge in [0.05, 0.1) is 28.4 Å². The number of anilines is 2. The van der Waals surface area contributed by atoms with Crippen LogP contribution in [0.3, 0.4) is 0 Å². The highest BCUT2D eigenvalue weighted by atomic mass is 32.2. The van der Waals surface area contributed by atoms with Crippen molar-refractivity contribution < 1.29 is 31.5 Å². The van der Waals surface area contributed by atoms with Crippen LogP contribution in [0, 0.1) is 28.4 Å². The molecular formula is C45H50F2N10O6S. The van der Waals surface area contributed by atoms with Crippen molar-refractivity contribution in [3.05, 3.63) is 81.9 Å². The van der Waals surface area contributed by atoms with Gasteiger partial charge in [0.15, 0.2) is 17.4 Å². The number of carbonyl (C=O) groups excluding carboxylic acids is 2. The number of fused-ring (bicyclic) bond motifs is 2. The third-order valence-electron chi connectivity index (χ3n) is 14.1. The van der Waals surface area contributed by atoms with Gasteiger partial charge < -0.3 is 9.64 Å². The highest BCUT2D eigenvalue weighted by Gasteiger charge is 2.44. The van der Waals surface area contributed by atoms with Gasteiger partial charge in [0.2, 0.25) is 5.91 Å². The highest BCUT2D eigenvalue weighted by Crippen LogP contribution is 2.51. The summed E-state index contributed by atoms with van der Waals surface area (Å²) in [4.78, 5) is 46.9. The second kappa shape index (κ2) is 16.9. The predicted molar refractivity (Wildman–Crippen MR) is 235 cm³/mol. The maximum absolute atomic E-state index is 15.8. The van der Waals surface area contributed by atoms with Gasteiger partial charge in [-0.15, -0.1) is 0 Å². The molecule has 4 fully saturated rings. The smallest absolute Gasteiger partial charge is 0.329 e. The number of nitrogens with one attached hydrogen (secondary N) is 2. The summed E-state index contributed by atoms with van der Waals surface area (Å²) < 4.78 is 69.0. The number of carbonyl (C=O) groups is 2. The number of benzene rings is 3. The van der Waals surface area contributed by atoms with Gasteiger partial charge >= 0.3 is 16.2 Å². The molecule has 0 unspecified atom stereocenters. The van der Waals surface area contributed by atoms with E-state index in [1.54, 1.807) is 35.6 Å². The molecule has 2 N–H and O–H groups in total. The van der Waals surface area contributed by atoms with Gasteiger partial charge in [-0.2, -0.15) is 23.1 Å². The lowest BCUT2D eigenvalue weighted by molar-refractivity contribution is -0.120. The number of urea groups is 1. The van der Waals surface area contributed by atoms with Crippen molar-refractivity contribution >= 4 is 55.5 Å². The average Bonchev–Trinajstić information content (AvgIpc) is 3.84. The van der Waals surface area contributed by atoms with E-state index >= 15 is 8.78 Å². The summed E-state index contributed by atoms with van der Waals surface area (Å²) in [6.07, 6.45) is 10.1. The van der Waals surface area contributed by atoms with Crippen LogP contribution in [0.15, 0.2) is 53.6 Å². The lowest BCUT2D eigenvalue weighted by atomic mass is 9.75. The molecule has 2 aromatic heterocycles. The third kappa shape index (κ3) is 7.96. The van der Waals surface area contributed by atoms with Crippen molar-refractivity contribution in [3.8, 4) is 17.6 Å². The number of hydrogen-bond donors (Lipinski definition) is 2. The van der Waals surface area contributed by atoms with Crippen LogP contribution < -0.4 is 25.2 Å². The van der Waals surface area contributed by atoms with Crippen molar-refractivity contribution in [2.45, 2.75) is 89.1 Å². The molecule has 3 aromatic carbocycles. The Hall–Kier alpha value is -5.97. The van der Waals surface area contributed by atoms with E-state index in [2.05, 4.69) is 25.0 Å². The average molecular weight is 897 g/mol. The number of ether oxygens (including phenoxy) is 1. The molecule has 9 rings (SSSR count). The summed E-state index contributed by atoms with van der Waals surface area (Å²) in [7, 11) is -0.864. The Bertz CT molecular complexity index is 2900. The number of rotatable bonds is 10. The van der Waals surface area contributed by atoms with Gasteiger partial charge in [-0.1, -0.05) is 6.92 Å². The van der Waals surface area contributed by atoms with Crippen LogP contribution >= 0.6 is 0 Å². The van der Waals surface area contributed by atoms with Crippen molar-refractivity contribution in [1.29, 1.82) is 5.26 Å². The Kier molecular flexibility index (Phi) is 11.4. The van der Waals surface area contributed by atoms with Crippen LogP contribution in [-0.4, -0.2) is 88.2 Å². The van der Waals surface area contributed by atoms with Gasteiger partial charge in [-0.25, -0.2) is 18.6 Å². The monoisotopic (exact) mass is 896 g/mol. The molecule has 336 valence electrons.